The molecule has 1 amide bonds. The normalized spacial score (nSPS) is 11.1. The van der Waals surface area contributed by atoms with E-state index >= 15 is 0 Å². The second kappa shape index (κ2) is 9.98. The molecule has 0 fully saturated rings. The highest BCUT2D eigenvalue weighted by Gasteiger charge is 2.15. The van der Waals surface area contributed by atoms with Crippen molar-refractivity contribution in [1.82, 2.24) is 10.9 Å². The number of benzene rings is 2. The Kier molecular flexibility index (Phi) is 7.68. The number of hydrazine groups is 1. The Hall–Kier alpha value is -2.52. The number of carbonyl (C=O) groups is 1. The largest absolute Gasteiger partial charge is 0.497 e. The van der Waals surface area contributed by atoms with Crippen molar-refractivity contribution in [3.63, 3.8) is 0 Å². The van der Waals surface area contributed by atoms with Crippen LogP contribution in [0.3, 0.4) is 0 Å². The Morgan fingerprint density at radius 2 is 1.70 bits per heavy atom. The average molecular weight is 454 g/mol. The molecule has 2 rings (SSSR count). The van der Waals surface area contributed by atoms with Gasteiger partial charge in [0.15, 0.2) is 11.2 Å². The lowest BCUT2D eigenvalue weighted by atomic mass is 10.2. The van der Waals surface area contributed by atoms with Crippen molar-refractivity contribution < 1.29 is 19.0 Å². The van der Waals surface area contributed by atoms with Gasteiger partial charge in [-0.3, -0.25) is 15.6 Å². The Bertz CT molecular complexity index is 802. The molecule has 2 aromatic rings. The summed E-state index contributed by atoms with van der Waals surface area (Å²) in [6, 6.07) is 12.4. The van der Waals surface area contributed by atoms with E-state index in [1.54, 1.807) is 51.5 Å². The van der Waals surface area contributed by atoms with Crippen LogP contribution in [0.15, 0.2) is 46.9 Å². The second-order valence-corrected chi connectivity index (χ2v) is 6.67. The van der Waals surface area contributed by atoms with Gasteiger partial charge in [0, 0.05) is 10.5 Å². The number of hydrogen-bond donors (Lipinski definition) is 3. The third kappa shape index (κ3) is 6.30. The van der Waals surface area contributed by atoms with Crippen molar-refractivity contribution in [2.24, 2.45) is 0 Å². The van der Waals surface area contributed by atoms with E-state index in [4.69, 9.17) is 26.4 Å². The van der Waals surface area contributed by atoms with Crippen molar-refractivity contribution in [1.29, 1.82) is 0 Å². The fraction of sp³-hybridized carbons (Fsp3) is 0.222. The Morgan fingerprint density at radius 1 is 1.04 bits per heavy atom. The molecule has 0 aromatic heterocycles. The highest BCUT2D eigenvalue weighted by molar-refractivity contribution is 9.10. The fourth-order valence-electron chi connectivity index (χ4n) is 2.05. The molecule has 0 spiro atoms. The van der Waals surface area contributed by atoms with Gasteiger partial charge in [-0.05, 0) is 55.5 Å². The van der Waals surface area contributed by atoms with Crippen LogP contribution in [0.5, 0.6) is 17.2 Å². The van der Waals surface area contributed by atoms with Gasteiger partial charge in [0.1, 0.15) is 17.2 Å². The van der Waals surface area contributed by atoms with Crippen LogP contribution in [0, 0.1) is 0 Å². The predicted molar refractivity (Wildman–Crippen MR) is 111 cm³/mol. The molecule has 9 heteroatoms. The lowest BCUT2D eigenvalue weighted by molar-refractivity contribution is -0.127. The van der Waals surface area contributed by atoms with Gasteiger partial charge in [-0.2, -0.15) is 0 Å². The number of nitrogens with one attached hydrogen (secondary N) is 3. The van der Waals surface area contributed by atoms with Crippen LogP contribution < -0.4 is 30.4 Å². The third-order valence-corrected chi connectivity index (χ3v) is 4.18. The van der Waals surface area contributed by atoms with E-state index in [9.17, 15) is 4.79 Å². The molecule has 7 nitrogen and oxygen atoms in total. The fourth-order valence-corrected chi connectivity index (χ4v) is 2.47. The summed E-state index contributed by atoms with van der Waals surface area (Å²) in [7, 11) is 3.11. The minimum atomic E-state index is -0.711. The lowest BCUT2D eigenvalue weighted by Crippen LogP contribution is -2.48. The summed E-state index contributed by atoms with van der Waals surface area (Å²) in [5.74, 6) is 1.42. The number of thiocarbonyl (C=S) groups is 1. The third-order valence-electron chi connectivity index (χ3n) is 3.45. The molecule has 0 aliphatic heterocycles. The van der Waals surface area contributed by atoms with Gasteiger partial charge in [0.25, 0.3) is 5.91 Å². The number of halogens is 1. The molecule has 1 unspecified atom stereocenters. The quantitative estimate of drug-likeness (QED) is 0.457. The number of ether oxygens (including phenoxy) is 3. The molecular formula is C18H20BrN3O4S. The molecule has 0 bridgehead atoms. The summed E-state index contributed by atoms with van der Waals surface area (Å²) < 4.78 is 16.9. The van der Waals surface area contributed by atoms with Gasteiger partial charge in [0.2, 0.25) is 0 Å². The maximum atomic E-state index is 12.1. The summed E-state index contributed by atoms with van der Waals surface area (Å²) >= 11 is 8.53. The maximum Gasteiger partial charge on any atom is 0.279 e. The van der Waals surface area contributed by atoms with Gasteiger partial charge < -0.3 is 19.5 Å². The van der Waals surface area contributed by atoms with E-state index in [2.05, 4.69) is 32.1 Å². The highest BCUT2D eigenvalue weighted by Crippen LogP contribution is 2.28. The number of rotatable bonds is 6. The zero-order valence-electron chi connectivity index (χ0n) is 15.0. The molecule has 2 aromatic carbocycles. The number of hydrogen-bond acceptors (Lipinski definition) is 5. The van der Waals surface area contributed by atoms with E-state index < -0.39 is 6.10 Å². The van der Waals surface area contributed by atoms with Gasteiger partial charge in [-0.1, -0.05) is 15.9 Å². The van der Waals surface area contributed by atoms with Gasteiger partial charge in [-0.25, -0.2) is 0 Å². The zero-order valence-corrected chi connectivity index (χ0v) is 17.4. The van der Waals surface area contributed by atoms with E-state index in [0.717, 1.165) is 4.47 Å². The summed E-state index contributed by atoms with van der Waals surface area (Å²) in [5.41, 5.74) is 5.76. The zero-order chi connectivity index (χ0) is 19.8. The molecule has 0 saturated carbocycles. The monoisotopic (exact) mass is 453 g/mol. The van der Waals surface area contributed by atoms with Crippen molar-refractivity contribution in [3.8, 4) is 17.2 Å². The number of methoxy groups -OCH3 is 2. The molecule has 144 valence electrons. The topological polar surface area (TPSA) is 80.9 Å². The van der Waals surface area contributed by atoms with Crippen LogP contribution in [0.1, 0.15) is 6.92 Å². The van der Waals surface area contributed by atoms with Gasteiger partial charge >= 0.3 is 0 Å². The predicted octanol–water partition coefficient (Wildman–Crippen LogP) is 3.25. The molecule has 0 saturated heterocycles. The van der Waals surface area contributed by atoms with Crippen LogP contribution in [-0.4, -0.2) is 31.3 Å². The molecule has 1 atom stereocenters. The highest BCUT2D eigenvalue weighted by atomic mass is 79.9. The van der Waals surface area contributed by atoms with Crippen LogP contribution >= 0.6 is 28.1 Å². The summed E-state index contributed by atoms with van der Waals surface area (Å²) in [5, 5.41) is 3.14. The number of anilines is 1. The Balaban J connectivity index is 1.85. The van der Waals surface area contributed by atoms with Crippen molar-refractivity contribution in [3.05, 3.63) is 46.9 Å². The standard InChI is InChI=1S/C18H20BrN3O4S/c1-11(26-13-6-4-12(19)5-7-13)17(23)21-22-18(27)20-15-9-8-14(24-2)10-16(15)25-3/h4-11H,1-3H3,(H,21,23)(H2,20,22,27). The first kappa shape index (κ1) is 20.8. The molecular weight excluding hydrogens is 434 g/mol. The molecule has 0 aliphatic rings. The van der Waals surface area contributed by atoms with Crippen LogP contribution in [0.4, 0.5) is 5.69 Å². The van der Waals surface area contributed by atoms with Crippen LogP contribution in [0.25, 0.3) is 0 Å². The molecule has 27 heavy (non-hydrogen) atoms. The first-order chi connectivity index (χ1) is 12.9. The molecule has 3 N–H and O–H groups in total. The summed E-state index contributed by atoms with van der Waals surface area (Å²) in [6.45, 7) is 1.64. The molecule has 0 radical (unpaired) electrons. The number of amides is 1. The van der Waals surface area contributed by atoms with Crippen LogP contribution in [-0.2, 0) is 4.79 Å². The van der Waals surface area contributed by atoms with Crippen molar-refractivity contribution >= 4 is 44.9 Å². The van der Waals surface area contributed by atoms with E-state index in [1.165, 1.54) is 0 Å². The Labute approximate surface area is 171 Å². The smallest absolute Gasteiger partial charge is 0.279 e. The van der Waals surface area contributed by atoms with E-state index in [0.29, 0.717) is 22.9 Å². The minimum absolute atomic E-state index is 0.197. The summed E-state index contributed by atoms with van der Waals surface area (Å²) in [4.78, 5) is 12.1. The van der Waals surface area contributed by atoms with Gasteiger partial charge in [-0.15, -0.1) is 0 Å². The first-order valence-corrected chi connectivity index (χ1v) is 9.14. The lowest BCUT2D eigenvalue weighted by Gasteiger charge is -2.17. The van der Waals surface area contributed by atoms with E-state index in [-0.39, 0.29) is 11.0 Å². The maximum absolute atomic E-state index is 12.1. The van der Waals surface area contributed by atoms with E-state index in [1.807, 2.05) is 12.1 Å². The van der Waals surface area contributed by atoms with Crippen molar-refractivity contribution in [2.45, 2.75) is 13.0 Å². The molecule has 0 aliphatic carbocycles. The van der Waals surface area contributed by atoms with Crippen molar-refractivity contribution in [2.75, 3.05) is 19.5 Å². The van der Waals surface area contributed by atoms with Crippen LogP contribution in [0.2, 0.25) is 0 Å². The second-order valence-electron chi connectivity index (χ2n) is 5.35. The minimum Gasteiger partial charge on any atom is -0.497 e. The molecule has 0 heterocycles. The van der Waals surface area contributed by atoms with Gasteiger partial charge in [0.05, 0.1) is 19.9 Å². The summed E-state index contributed by atoms with van der Waals surface area (Å²) in [6.07, 6.45) is -0.711. The average Bonchev–Trinajstić information content (AvgIpc) is 2.68. The Morgan fingerprint density at radius 3 is 2.33 bits per heavy atom. The first-order valence-electron chi connectivity index (χ1n) is 7.94. The number of carbonyl (C=O) groups excluding carboxylic acids is 1. The SMILES string of the molecule is COc1ccc(NC(=S)NNC(=O)C(C)Oc2ccc(Br)cc2)c(OC)c1.